The third kappa shape index (κ3) is 4.46. The number of hydrogen-bond donors (Lipinski definition) is 0. The number of anilines is 1. The second-order valence-electron chi connectivity index (χ2n) is 6.64. The van der Waals surface area contributed by atoms with Gasteiger partial charge in [-0.25, -0.2) is 9.29 Å². The summed E-state index contributed by atoms with van der Waals surface area (Å²) < 4.78 is 24.9. The Morgan fingerprint density at radius 3 is 2.45 bits per heavy atom. The third-order valence-electron chi connectivity index (χ3n) is 4.63. The smallest absolute Gasteiger partial charge is 0.298 e. The van der Waals surface area contributed by atoms with Crippen LogP contribution in [0, 0.1) is 5.82 Å². The van der Waals surface area contributed by atoms with Crippen molar-refractivity contribution in [3.8, 4) is 11.5 Å². The number of carbonyl (C=O) groups excluding carboxylic acids is 2. The van der Waals surface area contributed by atoms with Gasteiger partial charge in [0.25, 0.3) is 11.1 Å². The van der Waals surface area contributed by atoms with E-state index < -0.39 is 0 Å². The van der Waals surface area contributed by atoms with Crippen LogP contribution >= 0.6 is 11.8 Å². The zero-order chi connectivity index (χ0) is 21.8. The third-order valence-corrected chi connectivity index (χ3v) is 5.50. The molecule has 0 radical (unpaired) electrons. The van der Waals surface area contributed by atoms with Gasteiger partial charge in [0.2, 0.25) is 0 Å². The van der Waals surface area contributed by atoms with Crippen LogP contribution in [-0.2, 0) is 11.4 Å². The van der Waals surface area contributed by atoms with E-state index in [1.165, 1.54) is 13.2 Å². The van der Waals surface area contributed by atoms with E-state index in [9.17, 15) is 14.0 Å². The summed E-state index contributed by atoms with van der Waals surface area (Å²) >= 11 is 0.883. The molecule has 1 aliphatic rings. The largest absolute Gasteiger partial charge is 0.493 e. The van der Waals surface area contributed by atoms with Crippen molar-refractivity contribution in [2.75, 3.05) is 12.0 Å². The van der Waals surface area contributed by atoms with Crippen LogP contribution < -0.4 is 14.4 Å². The highest BCUT2D eigenvalue weighted by molar-refractivity contribution is 8.19. The molecular weight excluding hydrogens is 417 g/mol. The number of carbonyl (C=O) groups is 2. The molecule has 0 saturated carbocycles. The number of benzene rings is 3. The Morgan fingerprint density at radius 1 is 0.968 bits per heavy atom. The number of rotatable bonds is 6. The van der Waals surface area contributed by atoms with Gasteiger partial charge in [-0.15, -0.1) is 0 Å². The Morgan fingerprint density at radius 2 is 1.71 bits per heavy atom. The van der Waals surface area contributed by atoms with Gasteiger partial charge in [0.1, 0.15) is 12.4 Å². The average Bonchev–Trinajstić information content (AvgIpc) is 3.07. The number of nitrogens with zero attached hydrogens (tertiary/aromatic N) is 1. The summed E-state index contributed by atoms with van der Waals surface area (Å²) in [4.78, 5) is 26.6. The first-order valence-electron chi connectivity index (χ1n) is 9.44. The first-order valence-corrected chi connectivity index (χ1v) is 10.3. The number of hydrogen-bond acceptors (Lipinski definition) is 5. The molecule has 0 N–H and O–H groups in total. The van der Waals surface area contributed by atoms with Crippen molar-refractivity contribution >= 4 is 34.7 Å². The van der Waals surface area contributed by atoms with Gasteiger partial charge in [-0.3, -0.25) is 9.59 Å². The Hall–Kier alpha value is -3.58. The highest BCUT2D eigenvalue weighted by Gasteiger charge is 2.36. The molecule has 1 saturated heterocycles. The topological polar surface area (TPSA) is 55.8 Å². The SMILES string of the molecule is COc1cc(/C=C2/SC(=O)N(c3ccccc3)C2=O)ccc1OCc1ccccc1F. The summed E-state index contributed by atoms with van der Waals surface area (Å²) in [5.41, 5.74) is 1.64. The predicted molar refractivity (Wildman–Crippen MR) is 119 cm³/mol. The van der Waals surface area contributed by atoms with Crippen molar-refractivity contribution in [3.05, 3.63) is 94.6 Å². The Labute approximate surface area is 183 Å². The second kappa shape index (κ2) is 9.06. The van der Waals surface area contributed by atoms with Crippen LogP contribution in [0.2, 0.25) is 0 Å². The molecule has 4 rings (SSSR count). The summed E-state index contributed by atoms with van der Waals surface area (Å²) in [6, 6.07) is 20.3. The van der Waals surface area contributed by atoms with Gasteiger partial charge in [0.15, 0.2) is 11.5 Å². The van der Waals surface area contributed by atoms with Crippen molar-refractivity contribution in [3.63, 3.8) is 0 Å². The van der Waals surface area contributed by atoms with Gasteiger partial charge in [-0.1, -0.05) is 42.5 Å². The highest BCUT2D eigenvalue weighted by Crippen LogP contribution is 2.37. The molecule has 1 heterocycles. The van der Waals surface area contributed by atoms with E-state index in [1.807, 2.05) is 6.07 Å². The maximum absolute atomic E-state index is 13.8. The van der Waals surface area contributed by atoms with Crippen LogP contribution in [-0.4, -0.2) is 18.3 Å². The molecule has 156 valence electrons. The molecule has 1 fully saturated rings. The van der Waals surface area contributed by atoms with Gasteiger partial charge < -0.3 is 9.47 Å². The second-order valence-corrected chi connectivity index (χ2v) is 7.64. The van der Waals surface area contributed by atoms with Crippen molar-refractivity contribution in [2.24, 2.45) is 0 Å². The number of methoxy groups -OCH3 is 1. The van der Waals surface area contributed by atoms with E-state index in [-0.39, 0.29) is 23.6 Å². The molecule has 1 aliphatic heterocycles. The number of ether oxygens (including phenoxy) is 2. The molecule has 7 heteroatoms. The van der Waals surface area contributed by atoms with Gasteiger partial charge in [-0.05, 0) is 53.7 Å². The maximum atomic E-state index is 13.8. The van der Waals surface area contributed by atoms with Gasteiger partial charge in [0, 0.05) is 5.56 Å². The average molecular weight is 435 g/mol. The molecule has 0 spiro atoms. The summed E-state index contributed by atoms with van der Waals surface area (Å²) in [7, 11) is 1.50. The fourth-order valence-electron chi connectivity index (χ4n) is 3.08. The Kier molecular flexibility index (Phi) is 6.04. The zero-order valence-electron chi connectivity index (χ0n) is 16.6. The molecule has 0 unspecified atom stereocenters. The van der Waals surface area contributed by atoms with Crippen molar-refractivity contribution in [2.45, 2.75) is 6.61 Å². The number of halogens is 1. The lowest BCUT2D eigenvalue weighted by Crippen LogP contribution is -2.27. The normalized spacial score (nSPS) is 14.9. The minimum absolute atomic E-state index is 0.0539. The molecule has 2 amide bonds. The first kappa shape index (κ1) is 20.7. The van der Waals surface area contributed by atoms with Gasteiger partial charge in [-0.2, -0.15) is 0 Å². The lowest BCUT2D eigenvalue weighted by molar-refractivity contribution is -0.113. The number of amides is 2. The monoisotopic (exact) mass is 435 g/mol. The molecule has 0 aromatic heterocycles. The van der Waals surface area contributed by atoms with Crippen LogP contribution in [0.15, 0.2) is 77.7 Å². The van der Waals surface area contributed by atoms with E-state index in [0.717, 1.165) is 16.7 Å². The molecule has 0 aliphatic carbocycles. The molecule has 31 heavy (non-hydrogen) atoms. The molecular formula is C24H18FNO4S. The van der Waals surface area contributed by atoms with Gasteiger partial charge in [0.05, 0.1) is 17.7 Å². The minimum Gasteiger partial charge on any atom is -0.493 e. The Bertz CT molecular complexity index is 1160. The van der Waals surface area contributed by atoms with Gasteiger partial charge >= 0.3 is 0 Å². The van der Waals surface area contributed by atoms with E-state index >= 15 is 0 Å². The van der Waals surface area contributed by atoms with Crippen LogP contribution in [0.1, 0.15) is 11.1 Å². The fraction of sp³-hybridized carbons (Fsp3) is 0.0833. The van der Waals surface area contributed by atoms with E-state index in [2.05, 4.69) is 0 Å². The van der Waals surface area contributed by atoms with E-state index in [4.69, 9.17) is 9.47 Å². The van der Waals surface area contributed by atoms with Crippen molar-refractivity contribution in [1.82, 2.24) is 0 Å². The number of para-hydroxylation sites is 1. The summed E-state index contributed by atoms with van der Waals surface area (Å²) in [6.07, 6.45) is 1.64. The summed E-state index contributed by atoms with van der Waals surface area (Å²) in [6.45, 7) is 0.0539. The summed E-state index contributed by atoms with van der Waals surface area (Å²) in [5.74, 6) is 0.167. The van der Waals surface area contributed by atoms with E-state index in [1.54, 1.807) is 66.7 Å². The van der Waals surface area contributed by atoms with Crippen LogP contribution in [0.25, 0.3) is 6.08 Å². The lowest BCUT2D eigenvalue weighted by atomic mass is 10.1. The maximum Gasteiger partial charge on any atom is 0.298 e. The molecule has 3 aromatic carbocycles. The summed E-state index contributed by atoms with van der Waals surface area (Å²) in [5, 5.41) is -0.348. The van der Waals surface area contributed by atoms with Crippen LogP contribution in [0.4, 0.5) is 14.9 Å². The highest BCUT2D eigenvalue weighted by atomic mass is 32.2. The quantitative estimate of drug-likeness (QED) is 0.468. The van der Waals surface area contributed by atoms with E-state index in [0.29, 0.717) is 33.2 Å². The zero-order valence-corrected chi connectivity index (χ0v) is 17.4. The number of thioether (sulfide) groups is 1. The predicted octanol–water partition coefficient (Wildman–Crippen LogP) is 5.65. The van der Waals surface area contributed by atoms with Crippen LogP contribution in [0.3, 0.4) is 0 Å². The standard InChI is InChI=1S/C24H18FNO4S/c1-29-21-13-16(11-12-20(21)30-15-17-7-5-6-10-19(17)25)14-22-23(27)26(24(28)31-22)18-8-3-2-4-9-18/h2-14H,15H2,1H3/b22-14+. The molecule has 3 aromatic rings. The molecule has 0 bridgehead atoms. The lowest BCUT2D eigenvalue weighted by Gasteiger charge is -2.12. The fourth-order valence-corrected chi connectivity index (χ4v) is 3.92. The first-order chi connectivity index (χ1) is 15.1. The number of imide groups is 1. The van der Waals surface area contributed by atoms with Crippen LogP contribution in [0.5, 0.6) is 11.5 Å². The molecule has 5 nitrogen and oxygen atoms in total. The van der Waals surface area contributed by atoms with Crippen molar-refractivity contribution in [1.29, 1.82) is 0 Å². The minimum atomic E-state index is -0.375. The van der Waals surface area contributed by atoms with Crippen molar-refractivity contribution < 1.29 is 23.5 Å². The Balaban J connectivity index is 1.54. The molecule has 0 atom stereocenters.